The molecule has 0 heterocycles. The lowest BCUT2D eigenvalue weighted by Crippen LogP contribution is -1.95. The van der Waals surface area contributed by atoms with E-state index in [0.717, 1.165) is 0 Å². The molecule has 0 unspecified atom stereocenters. The molecular formula is C53H38. The predicted molar refractivity (Wildman–Crippen MR) is 229 cm³/mol. The van der Waals surface area contributed by atoms with Crippen LogP contribution in [0.15, 0.2) is 176 Å². The van der Waals surface area contributed by atoms with Gasteiger partial charge in [0.05, 0.1) is 0 Å². The number of hydrogen-bond acceptors (Lipinski definition) is 0. The topological polar surface area (TPSA) is 0 Å². The zero-order valence-corrected chi connectivity index (χ0v) is 29.6. The normalized spacial score (nSPS) is 13.7. The molecule has 0 atom stereocenters. The Morgan fingerprint density at radius 1 is 0.302 bits per heavy atom. The van der Waals surface area contributed by atoms with Crippen LogP contribution in [0.2, 0.25) is 0 Å². The first-order valence-corrected chi connectivity index (χ1v) is 19.2. The monoisotopic (exact) mass is 674 g/mol. The maximum atomic E-state index is 2.52. The van der Waals surface area contributed by atoms with Gasteiger partial charge in [-0.3, -0.25) is 0 Å². The lowest BCUT2D eigenvalue weighted by atomic mass is 9.85. The van der Waals surface area contributed by atoms with Crippen LogP contribution < -0.4 is 0 Å². The fraction of sp³-hybridized carbons (Fsp3) is 0.0943. The molecule has 1 fully saturated rings. The molecular weight excluding hydrogens is 637 g/mol. The fourth-order valence-electron chi connectivity index (χ4n) is 9.45. The highest BCUT2D eigenvalue weighted by Crippen LogP contribution is 2.45. The van der Waals surface area contributed by atoms with Crippen LogP contribution in [0.3, 0.4) is 0 Å². The Balaban J connectivity index is 0.993. The molecule has 0 saturated heterocycles. The van der Waals surface area contributed by atoms with Crippen molar-refractivity contribution in [1.29, 1.82) is 0 Å². The van der Waals surface area contributed by atoms with Gasteiger partial charge in [0.2, 0.25) is 0 Å². The molecule has 10 aromatic rings. The molecule has 10 aromatic carbocycles. The summed E-state index contributed by atoms with van der Waals surface area (Å²) in [5, 5.41) is 15.9. The Kier molecular flexibility index (Phi) is 6.98. The van der Waals surface area contributed by atoms with E-state index in [9.17, 15) is 0 Å². The number of fused-ring (bicyclic) bond motifs is 9. The highest BCUT2D eigenvalue weighted by atomic mass is 14.3. The number of hydrogen-bond donors (Lipinski definition) is 0. The minimum absolute atomic E-state index is 0.671. The number of benzene rings is 10. The van der Waals surface area contributed by atoms with Gasteiger partial charge in [-0.15, -0.1) is 0 Å². The van der Waals surface area contributed by atoms with Crippen LogP contribution >= 0.6 is 0 Å². The highest BCUT2D eigenvalue weighted by Gasteiger charge is 2.21. The van der Waals surface area contributed by atoms with Crippen molar-refractivity contribution in [1.82, 2.24) is 0 Å². The molecule has 0 spiro atoms. The molecule has 1 aliphatic rings. The molecule has 0 amide bonds. The average molecular weight is 675 g/mol. The largest absolute Gasteiger partial charge is 0.0616 e. The van der Waals surface area contributed by atoms with E-state index in [1.165, 1.54) is 124 Å². The van der Waals surface area contributed by atoms with Crippen molar-refractivity contribution < 1.29 is 0 Å². The molecule has 1 saturated carbocycles. The van der Waals surface area contributed by atoms with Crippen LogP contribution in [0.4, 0.5) is 0 Å². The molecule has 0 heteroatoms. The fourth-order valence-corrected chi connectivity index (χ4v) is 9.45. The Bertz CT molecular complexity index is 3050. The molecule has 0 N–H and O–H groups in total. The highest BCUT2D eigenvalue weighted by molar-refractivity contribution is 6.29. The summed E-state index contributed by atoms with van der Waals surface area (Å²) in [6.07, 6.45) is 5.31. The van der Waals surface area contributed by atoms with E-state index in [1.807, 2.05) is 0 Å². The summed E-state index contributed by atoms with van der Waals surface area (Å²) in [4.78, 5) is 0. The van der Waals surface area contributed by atoms with Gasteiger partial charge >= 0.3 is 0 Å². The van der Waals surface area contributed by atoms with Gasteiger partial charge in [-0.1, -0.05) is 165 Å². The van der Waals surface area contributed by atoms with Gasteiger partial charge in [-0.25, -0.2) is 0 Å². The Labute approximate surface area is 310 Å². The third-order valence-electron chi connectivity index (χ3n) is 12.1. The van der Waals surface area contributed by atoms with Crippen LogP contribution in [0.1, 0.15) is 37.2 Å². The zero-order chi connectivity index (χ0) is 34.9. The number of rotatable bonds is 4. The van der Waals surface area contributed by atoms with E-state index in [4.69, 9.17) is 0 Å². The second-order valence-corrected chi connectivity index (χ2v) is 15.1. The van der Waals surface area contributed by atoms with Crippen LogP contribution in [-0.2, 0) is 0 Å². The summed E-state index contributed by atoms with van der Waals surface area (Å²) in [6.45, 7) is 0. The summed E-state index contributed by atoms with van der Waals surface area (Å²) < 4.78 is 0. The summed E-state index contributed by atoms with van der Waals surface area (Å²) in [7, 11) is 0. The third-order valence-corrected chi connectivity index (χ3v) is 12.1. The smallest absolute Gasteiger partial charge is 0.00201 e. The average Bonchev–Trinajstić information content (AvgIpc) is 3.77. The molecule has 0 bridgehead atoms. The molecule has 53 heavy (non-hydrogen) atoms. The first-order valence-electron chi connectivity index (χ1n) is 19.2. The Morgan fingerprint density at radius 3 is 1.40 bits per heavy atom. The summed E-state index contributed by atoms with van der Waals surface area (Å²) in [6, 6.07) is 66.1. The lowest BCUT2D eigenvalue weighted by Gasteiger charge is -2.19. The van der Waals surface area contributed by atoms with E-state index in [0.29, 0.717) is 5.92 Å². The van der Waals surface area contributed by atoms with Crippen LogP contribution in [0, 0.1) is 0 Å². The second kappa shape index (κ2) is 12.2. The minimum Gasteiger partial charge on any atom is -0.0616 e. The second-order valence-electron chi connectivity index (χ2n) is 15.1. The maximum Gasteiger partial charge on any atom is -0.00201 e. The summed E-state index contributed by atoms with van der Waals surface area (Å²) in [5.41, 5.74) is 9.04. The lowest BCUT2D eigenvalue weighted by molar-refractivity contribution is 0.730. The van der Waals surface area contributed by atoms with Gasteiger partial charge in [-0.2, -0.15) is 0 Å². The quantitative estimate of drug-likeness (QED) is 0.163. The van der Waals surface area contributed by atoms with E-state index in [1.54, 1.807) is 5.56 Å². The summed E-state index contributed by atoms with van der Waals surface area (Å²) in [5.74, 6) is 0.671. The van der Waals surface area contributed by atoms with Gasteiger partial charge < -0.3 is 0 Å². The van der Waals surface area contributed by atoms with Crippen molar-refractivity contribution in [3.8, 4) is 33.4 Å². The molecule has 0 aliphatic heterocycles. The van der Waals surface area contributed by atoms with Crippen LogP contribution in [0.5, 0.6) is 0 Å². The van der Waals surface area contributed by atoms with E-state index in [-0.39, 0.29) is 0 Å². The van der Waals surface area contributed by atoms with Gasteiger partial charge in [0.25, 0.3) is 0 Å². The Morgan fingerprint density at radius 2 is 0.736 bits per heavy atom. The molecule has 1 aliphatic carbocycles. The standard InChI is InChI=1S/C53H38/c1-4-12-38-29-39(22-21-34(38)9-1)35-17-19-36(20-18-35)40-23-24-42-31-43(26-25-41(42)30-40)51-33-45-28-27-44-32-50(37-10-2-3-11-37)46-13-5-7-15-48(46)52(44)53(45)49-16-8-6-14-47(49)51/h1,4-9,12-33,37H,2-3,10-11H2. The molecule has 250 valence electrons. The van der Waals surface area contributed by atoms with E-state index in [2.05, 4.69) is 176 Å². The van der Waals surface area contributed by atoms with Gasteiger partial charge in [0.1, 0.15) is 0 Å². The van der Waals surface area contributed by atoms with Crippen molar-refractivity contribution in [3.05, 3.63) is 181 Å². The van der Waals surface area contributed by atoms with Gasteiger partial charge in [-0.05, 0) is 147 Å². The van der Waals surface area contributed by atoms with Crippen molar-refractivity contribution in [2.75, 3.05) is 0 Å². The summed E-state index contributed by atoms with van der Waals surface area (Å²) >= 11 is 0. The molecule has 0 aromatic heterocycles. The van der Waals surface area contributed by atoms with E-state index < -0.39 is 0 Å². The first kappa shape index (κ1) is 30.4. The molecule has 11 rings (SSSR count). The predicted octanol–water partition coefficient (Wildman–Crippen LogP) is 15.3. The van der Waals surface area contributed by atoms with E-state index >= 15 is 0 Å². The van der Waals surface area contributed by atoms with Crippen molar-refractivity contribution in [3.63, 3.8) is 0 Å². The van der Waals surface area contributed by atoms with Crippen molar-refractivity contribution in [2.45, 2.75) is 31.6 Å². The van der Waals surface area contributed by atoms with Crippen molar-refractivity contribution in [2.24, 2.45) is 0 Å². The molecule has 0 nitrogen and oxygen atoms in total. The zero-order valence-electron chi connectivity index (χ0n) is 29.6. The van der Waals surface area contributed by atoms with Crippen LogP contribution in [-0.4, -0.2) is 0 Å². The molecule has 0 radical (unpaired) electrons. The van der Waals surface area contributed by atoms with Gasteiger partial charge in [0, 0.05) is 0 Å². The van der Waals surface area contributed by atoms with Crippen molar-refractivity contribution >= 4 is 64.6 Å². The maximum absolute atomic E-state index is 2.52. The first-order chi connectivity index (χ1) is 26.2. The minimum atomic E-state index is 0.671. The van der Waals surface area contributed by atoms with Gasteiger partial charge in [0.15, 0.2) is 0 Å². The third kappa shape index (κ3) is 5.05. The Hall–Kier alpha value is -6.24. The van der Waals surface area contributed by atoms with Crippen LogP contribution in [0.25, 0.3) is 98.0 Å². The SMILES string of the molecule is c1ccc2cc(-c3ccc(-c4ccc5cc(-c6cc7ccc8cc(C9CCCC9)c9ccccc9c8c7c7ccccc67)ccc5c4)cc3)ccc2c1.